The maximum absolute atomic E-state index is 12.5. The lowest BCUT2D eigenvalue weighted by Crippen LogP contribution is -2.44. The van der Waals surface area contributed by atoms with Crippen LogP contribution in [0.3, 0.4) is 0 Å². The summed E-state index contributed by atoms with van der Waals surface area (Å²) in [5, 5.41) is 11.1. The monoisotopic (exact) mass is 151 g/mol. The van der Waals surface area contributed by atoms with Crippen molar-refractivity contribution in [1.29, 1.82) is 0 Å². The third-order valence-electron chi connectivity index (χ3n) is 1.66. The lowest BCUT2D eigenvalue weighted by molar-refractivity contribution is -0.0473. The van der Waals surface area contributed by atoms with Crippen LogP contribution in [0.1, 0.15) is 6.42 Å². The molecule has 60 valence electrons. The van der Waals surface area contributed by atoms with E-state index in [1.165, 1.54) is 0 Å². The Kier molecular flexibility index (Phi) is 2.21. The van der Waals surface area contributed by atoms with E-state index in [9.17, 15) is 8.78 Å². The van der Waals surface area contributed by atoms with Gasteiger partial charge in [-0.15, -0.1) is 0 Å². The molecule has 0 aromatic rings. The van der Waals surface area contributed by atoms with Gasteiger partial charge in [0.05, 0.1) is 6.54 Å². The first kappa shape index (κ1) is 7.88. The topological polar surface area (TPSA) is 32.3 Å². The molecule has 1 aliphatic heterocycles. The van der Waals surface area contributed by atoms with Gasteiger partial charge in [0.1, 0.15) is 0 Å². The van der Waals surface area contributed by atoms with Crippen LogP contribution in [0.5, 0.6) is 0 Å². The average Bonchev–Trinajstić information content (AvgIpc) is 1.86. The van der Waals surface area contributed by atoms with Crippen molar-refractivity contribution in [3.8, 4) is 0 Å². The van der Waals surface area contributed by atoms with E-state index in [0.29, 0.717) is 6.54 Å². The quantitative estimate of drug-likeness (QED) is 0.562. The molecule has 10 heavy (non-hydrogen) atoms. The van der Waals surface area contributed by atoms with E-state index in [1.807, 2.05) is 0 Å². The summed E-state index contributed by atoms with van der Waals surface area (Å²) in [5.74, 6) is -2.89. The molecule has 0 aliphatic carbocycles. The van der Waals surface area contributed by atoms with Crippen LogP contribution in [0, 0.1) is 5.92 Å². The van der Waals surface area contributed by atoms with Crippen LogP contribution in [0.25, 0.3) is 0 Å². The predicted molar refractivity (Wildman–Crippen MR) is 33.0 cm³/mol. The Morgan fingerprint density at radius 3 is 2.70 bits per heavy atom. The van der Waals surface area contributed by atoms with Crippen molar-refractivity contribution < 1.29 is 13.9 Å². The summed E-state index contributed by atoms with van der Waals surface area (Å²) in [4.78, 5) is 0. The molecule has 1 fully saturated rings. The minimum absolute atomic E-state index is 0.150. The Bertz CT molecular complexity index is 118. The highest BCUT2D eigenvalue weighted by molar-refractivity contribution is 4.80. The molecule has 1 atom stereocenters. The summed E-state index contributed by atoms with van der Waals surface area (Å²) in [5.41, 5.74) is 0. The number of hydrogen-bond acceptors (Lipinski definition) is 2. The molecule has 2 N–H and O–H groups in total. The molecule has 0 spiro atoms. The van der Waals surface area contributed by atoms with Gasteiger partial charge in [0.2, 0.25) is 0 Å². The van der Waals surface area contributed by atoms with E-state index in [-0.39, 0.29) is 25.5 Å². The van der Waals surface area contributed by atoms with Gasteiger partial charge in [0.25, 0.3) is 5.92 Å². The number of aliphatic hydroxyl groups is 1. The van der Waals surface area contributed by atoms with Gasteiger partial charge < -0.3 is 10.4 Å². The molecule has 0 unspecified atom stereocenters. The van der Waals surface area contributed by atoms with E-state index < -0.39 is 5.92 Å². The molecule has 0 amide bonds. The van der Waals surface area contributed by atoms with Gasteiger partial charge in [-0.1, -0.05) is 0 Å². The van der Waals surface area contributed by atoms with Crippen molar-refractivity contribution in [2.75, 3.05) is 19.7 Å². The zero-order chi connectivity index (χ0) is 7.61. The Labute approximate surface area is 58.2 Å². The molecule has 2 nitrogen and oxygen atoms in total. The Morgan fingerprint density at radius 2 is 2.30 bits per heavy atom. The van der Waals surface area contributed by atoms with Gasteiger partial charge in [-0.25, -0.2) is 8.78 Å². The molecule has 0 aromatic carbocycles. The summed E-state index contributed by atoms with van der Waals surface area (Å²) in [6.07, 6.45) is -0.184. The van der Waals surface area contributed by atoms with Crippen molar-refractivity contribution in [3.05, 3.63) is 0 Å². The maximum Gasteiger partial charge on any atom is 0.260 e. The minimum atomic E-state index is -2.62. The summed E-state index contributed by atoms with van der Waals surface area (Å²) in [6.45, 7) is 0.109. The summed E-state index contributed by atoms with van der Waals surface area (Å²) >= 11 is 0. The number of alkyl halides is 2. The second kappa shape index (κ2) is 2.80. The van der Waals surface area contributed by atoms with Crippen LogP contribution in [0.15, 0.2) is 0 Å². The third-order valence-corrected chi connectivity index (χ3v) is 1.66. The first-order valence-electron chi connectivity index (χ1n) is 3.33. The molecule has 0 bridgehead atoms. The van der Waals surface area contributed by atoms with E-state index in [0.717, 1.165) is 0 Å². The normalized spacial score (nSPS) is 32.1. The van der Waals surface area contributed by atoms with Gasteiger partial charge in [-0.2, -0.15) is 0 Å². The van der Waals surface area contributed by atoms with Gasteiger partial charge in [-0.05, 0) is 0 Å². The molecular formula is C6H11F2NO. The van der Waals surface area contributed by atoms with Crippen LogP contribution in [-0.4, -0.2) is 30.7 Å². The average molecular weight is 151 g/mol. The van der Waals surface area contributed by atoms with E-state index in [4.69, 9.17) is 5.11 Å². The van der Waals surface area contributed by atoms with Gasteiger partial charge in [0, 0.05) is 25.5 Å². The Balaban J connectivity index is 2.40. The predicted octanol–water partition coefficient (Wildman–Crippen LogP) is 0.224. The molecule has 0 aromatic heterocycles. The largest absolute Gasteiger partial charge is 0.396 e. The third kappa shape index (κ3) is 1.88. The standard InChI is InChI=1S/C6H11F2NO/c7-6(8)1-5(3-10)2-9-4-6/h5,9-10H,1-4H2/t5-/m1/s1. The first-order valence-corrected chi connectivity index (χ1v) is 3.33. The van der Waals surface area contributed by atoms with Crippen molar-refractivity contribution in [3.63, 3.8) is 0 Å². The van der Waals surface area contributed by atoms with Crippen LogP contribution >= 0.6 is 0 Å². The number of piperidine rings is 1. The second-order valence-electron chi connectivity index (χ2n) is 2.74. The van der Waals surface area contributed by atoms with Crippen molar-refractivity contribution >= 4 is 0 Å². The number of hydrogen-bond donors (Lipinski definition) is 2. The SMILES string of the molecule is OC[C@H]1CNCC(F)(F)C1. The van der Waals surface area contributed by atoms with Crippen molar-refractivity contribution in [2.45, 2.75) is 12.3 Å². The van der Waals surface area contributed by atoms with E-state index in [2.05, 4.69) is 5.32 Å². The molecule has 1 saturated heterocycles. The summed E-state index contributed by atoms with van der Waals surface area (Å²) in [7, 11) is 0. The molecule has 1 rings (SSSR count). The van der Waals surface area contributed by atoms with Crippen LogP contribution in [0.4, 0.5) is 8.78 Å². The molecule has 4 heteroatoms. The number of rotatable bonds is 1. The molecule has 0 radical (unpaired) electrons. The number of halogens is 2. The van der Waals surface area contributed by atoms with Crippen molar-refractivity contribution in [2.24, 2.45) is 5.92 Å². The van der Waals surface area contributed by atoms with Gasteiger partial charge in [0.15, 0.2) is 0 Å². The van der Waals surface area contributed by atoms with E-state index in [1.54, 1.807) is 0 Å². The second-order valence-corrected chi connectivity index (χ2v) is 2.74. The minimum Gasteiger partial charge on any atom is -0.396 e. The van der Waals surface area contributed by atoms with Crippen molar-refractivity contribution in [1.82, 2.24) is 5.32 Å². The zero-order valence-electron chi connectivity index (χ0n) is 5.61. The van der Waals surface area contributed by atoms with Crippen LogP contribution < -0.4 is 5.32 Å². The Hall–Kier alpha value is -0.220. The van der Waals surface area contributed by atoms with Crippen LogP contribution in [-0.2, 0) is 0 Å². The molecular weight excluding hydrogens is 140 g/mol. The highest BCUT2D eigenvalue weighted by Crippen LogP contribution is 2.25. The van der Waals surface area contributed by atoms with Crippen LogP contribution in [0.2, 0.25) is 0 Å². The highest BCUT2D eigenvalue weighted by Gasteiger charge is 2.35. The number of aliphatic hydroxyl groups excluding tert-OH is 1. The maximum atomic E-state index is 12.5. The smallest absolute Gasteiger partial charge is 0.260 e. The molecule has 0 saturated carbocycles. The Morgan fingerprint density at radius 1 is 1.60 bits per heavy atom. The molecule has 1 aliphatic rings. The summed E-state index contributed by atoms with van der Waals surface area (Å²) < 4.78 is 24.9. The first-order chi connectivity index (χ1) is 4.64. The lowest BCUT2D eigenvalue weighted by atomic mass is 9.98. The number of nitrogens with one attached hydrogen (secondary N) is 1. The van der Waals surface area contributed by atoms with Gasteiger partial charge >= 0.3 is 0 Å². The fourth-order valence-corrected chi connectivity index (χ4v) is 1.15. The molecule has 1 heterocycles. The zero-order valence-corrected chi connectivity index (χ0v) is 5.61. The fraction of sp³-hybridized carbons (Fsp3) is 1.00. The fourth-order valence-electron chi connectivity index (χ4n) is 1.15. The van der Waals surface area contributed by atoms with Gasteiger partial charge in [-0.3, -0.25) is 0 Å². The highest BCUT2D eigenvalue weighted by atomic mass is 19.3. The van der Waals surface area contributed by atoms with E-state index >= 15 is 0 Å². The lowest BCUT2D eigenvalue weighted by Gasteiger charge is -2.28. The summed E-state index contributed by atoms with van der Waals surface area (Å²) in [6, 6.07) is 0.